The summed E-state index contributed by atoms with van der Waals surface area (Å²) in [4.78, 5) is 14.3. The summed E-state index contributed by atoms with van der Waals surface area (Å²) in [6, 6.07) is 1.66. The van der Waals surface area contributed by atoms with E-state index in [4.69, 9.17) is 22.4 Å². The Morgan fingerprint density at radius 1 is 1.59 bits per heavy atom. The van der Waals surface area contributed by atoms with E-state index in [2.05, 4.69) is 13.8 Å². The molecule has 4 nitrogen and oxygen atoms in total. The first kappa shape index (κ1) is 13.7. The number of hydrogen-bond acceptors (Lipinski definition) is 3. The highest BCUT2D eigenvalue weighted by molar-refractivity contribution is 7.80. The smallest absolute Gasteiger partial charge is 0.257 e. The Morgan fingerprint density at radius 3 is 2.76 bits per heavy atom. The van der Waals surface area contributed by atoms with Gasteiger partial charge in [0.2, 0.25) is 0 Å². The molecule has 17 heavy (non-hydrogen) atoms. The molecular weight excluding hydrogens is 236 g/mol. The van der Waals surface area contributed by atoms with Crippen LogP contribution in [0.5, 0.6) is 0 Å². The number of carbonyl (C=O) groups is 1. The molecule has 1 aromatic heterocycles. The van der Waals surface area contributed by atoms with Crippen molar-refractivity contribution in [3.8, 4) is 0 Å². The SMILES string of the molecule is CC(C)CN(CCC(N)=S)C(=O)c1ccoc1. The number of hydrogen-bond donors (Lipinski definition) is 1. The number of nitrogens with zero attached hydrogens (tertiary/aromatic N) is 1. The topological polar surface area (TPSA) is 59.5 Å². The molecule has 1 aromatic rings. The van der Waals surface area contributed by atoms with Crippen LogP contribution in [0.25, 0.3) is 0 Å². The van der Waals surface area contributed by atoms with Crippen LogP contribution in [0.1, 0.15) is 30.6 Å². The summed E-state index contributed by atoms with van der Waals surface area (Å²) in [6.45, 7) is 5.37. The van der Waals surface area contributed by atoms with Crippen molar-refractivity contribution in [2.24, 2.45) is 11.7 Å². The van der Waals surface area contributed by atoms with Gasteiger partial charge >= 0.3 is 0 Å². The second kappa shape index (κ2) is 6.39. The fraction of sp³-hybridized carbons (Fsp3) is 0.500. The Morgan fingerprint density at radius 2 is 2.29 bits per heavy atom. The molecule has 5 heteroatoms. The van der Waals surface area contributed by atoms with Gasteiger partial charge in [0.25, 0.3) is 5.91 Å². The molecule has 0 aromatic carbocycles. The normalized spacial score (nSPS) is 10.5. The number of carbonyl (C=O) groups excluding carboxylic acids is 1. The highest BCUT2D eigenvalue weighted by Gasteiger charge is 2.17. The summed E-state index contributed by atoms with van der Waals surface area (Å²) in [5.41, 5.74) is 6.03. The molecule has 0 radical (unpaired) electrons. The van der Waals surface area contributed by atoms with Crippen molar-refractivity contribution in [2.45, 2.75) is 20.3 Å². The predicted molar refractivity (Wildman–Crippen MR) is 70.9 cm³/mol. The second-order valence-electron chi connectivity index (χ2n) is 4.37. The monoisotopic (exact) mass is 254 g/mol. The van der Waals surface area contributed by atoms with Crippen LogP contribution in [0.15, 0.2) is 23.0 Å². The van der Waals surface area contributed by atoms with Crippen LogP contribution in [0.3, 0.4) is 0 Å². The molecule has 0 unspecified atom stereocenters. The molecule has 0 saturated heterocycles. The zero-order valence-electron chi connectivity index (χ0n) is 10.2. The molecule has 1 amide bonds. The lowest BCUT2D eigenvalue weighted by atomic mass is 10.2. The molecule has 0 aliphatic rings. The Kier molecular flexibility index (Phi) is 5.15. The number of rotatable bonds is 6. The van der Waals surface area contributed by atoms with Crippen molar-refractivity contribution in [1.29, 1.82) is 0 Å². The van der Waals surface area contributed by atoms with Crippen LogP contribution in [-0.2, 0) is 0 Å². The zero-order valence-corrected chi connectivity index (χ0v) is 11.0. The van der Waals surface area contributed by atoms with Crippen molar-refractivity contribution in [3.63, 3.8) is 0 Å². The van der Waals surface area contributed by atoms with Crippen molar-refractivity contribution in [2.75, 3.05) is 13.1 Å². The average molecular weight is 254 g/mol. The fourth-order valence-corrected chi connectivity index (χ4v) is 1.62. The van der Waals surface area contributed by atoms with Crippen molar-refractivity contribution in [3.05, 3.63) is 24.2 Å². The molecule has 0 spiro atoms. The Balaban J connectivity index is 2.68. The van der Waals surface area contributed by atoms with Crippen molar-refractivity contribution in [1.82, 2.24) is 4.90 Å². The first-order valence-corrected chi connectivity index (χ1v) is 6.01. The second-order valence-corrected chi connectivity index (χ2v) is 4.90. The summed E-state index contributed by atoms with van der Waals surface area (Å²) in [5, 5.41) is 0. The van der Waals surface area contributed by atoms with E-state index in [0.717, 1.165) is 0 Å². The molecule has 1 rings (SSSR count). The van der Waals surface area contributed by atoms with Crippen LogP contribution in [0.2, 0.25) is 0 Å². The van der Waals surface area contributed by atoms with E-state index in [1.165, 1.54) is 12.5 Å². The third-order valence-corrected chi connectivity index (χ3v) is 2.47. The summed E-state index contributed by atoms with van der Waals surface area (Å²) >= 11 is 4.84. The minimum atomic E-state index is -0.0382. The number of furan rings is 1. The fourth-order valence-electron chi connectivity index (χ4n) is 1.53. The average Bonchev–Trinajstić information content (AvgIpc) is 2.75. The first-order chi connectivity index (χ1) is 8.00. The third-order valence-electron chi connectivity index (χ3n) is 2.27. The van der Waals surface area contributed by atoms with Crippen LogP contribution in [0, 0.1) is 5.92 Å². The van der Waals surface area contributed by atoms with Crippen LogP contribution in [0.4, 0.5) is 0 Å². The van der Waals surface area contributed by atoms with Gasteiger partial charge in [0.15, 0.2) is 0 Å². The number of nitrogens with two attached hydrogens (primary N) is 1. The first-order valence-electron chi connectivity index (χ1n) is 5.60. The molecule has 0 atom stereocenters. The number of amides is 1. The van der Waals surface area contributed by atoms with E-state index in [9.17, 15) is 4.79 Å². The highest BCUT2D eigenvalue weighted by atomic mass is 32.1. The quantitative estimate of drug-likeness (QED) is 0.789. The Bertz CT molecular complexity index is 374. The third kappa shape index (κ3) is 4.56. The van der Waals surface area contributed by atoms with Gasteiger partial charge in [-0.3, -0.25) is 4.79 Å². The standard InChI is InChI=1S/C12H18N2O2S/c1-9(2)7-14(5-3-11(13)17)12(15)10-4-6-16-8-10/h4,6,8-9H,3,5,7H2,1-2H3,(H2,13,17). The molecule has 1 heterocycles. The largest absolute Gasteiger partial charge is 0.472 e. The molecule has 94 valence electrons. The minimum absolute atomic E-state index is 0.0382. The summed E-state index contributed by atoms with van der Waals surface area (Å²) in [7, 11) is 0. The Labute approximate surface area is 107 Å². The van der Waals surface area contributed by atoms with E-state index in [1.807, 2.05) is 0 Å². The lowest BCUT2D eigenvalue weighted by molar-refractivity contribution is 0.0740. The van der Waals surface area contributed by atoms with Gasteiger partial charge in [-0.2, -0.15) is 0 Å². The maximum atomic E-state index is 12.1. The van der Waals surface area contributed by atoms with Gasteiger partial charge in [-0.15, -0.1) is 0 Å². The van der Waals surface area contributed by atoms with Gasteiger partial charge in [-0.1, -0.05) is 26.1 Å². The van der Waals surface area contributed by atoms with Crippen LogP contribution in [-0.4, -0.2) is 28.9 Å². The van der Waals surface area contributed by atoms with Gasteiger partial charge in [0, 0.05) is 19.5 Å². The van der Waals surface area contributed by atoms with E-state index in [1.54, 1.807) is 11.0 Å². The maximum Gasteiger partial charge on any atom is 0.257 e. The van der Waals surface area contributed by atoms with Crippen LogP contribution < -0.4 is 5.73 Å². The van der Waals surface area contributed by atoms with Gasteiger partial charge in [-0.05, 0) is 12.0 Å². The molecule has 0 saturated carbocycles. The Hall–Kier alpha value is -1.36. The summed E-state index contributed by atoms with van der Waals surface area (Å²) < 4.78 is 4.92. The molecule has 0 fully saturated rings. The van der Waals surface area contributed by atoms with E-state index < -0.39 is 0 Å². The lowest BCUT2D eigenvalue weighted by Gasteiger charge is -2.23. The molecule has 0 aliphatic heterocycles. The predicted octanol–water partition coefficient (Wildman–Crippen LogP) is 2.05. The molecule has 0 bridgehead atoms. The lowest BCUT2D eigenvalue weighted by Crippen LogP contribution is -2.36. The van der Waals surface area contributed by atoms with Gasteiger partial charge in [0.1, 0.15) is 6.26 Å². The van der Waals surface area contributed by atoms with E-state index >= 15 is 0 Å². The summed E-state index contributed by atoms with van der Waals surface area (Å²) in [6.07, 6.45) is 3.50. The maximum absolute atomic E-state index is 12.1. The molecule has 0 aliphatic carbocycles. The highest BCUT2D eigenvalue weighted by Crippen LogP contribution is 2.09. The van der Waals surface area contributed by atoms with E-state index in [0.29, 0.717) is 36.0 Å². The number of thiocarbonyl (C=S) groups is 1. The van der Waals surface area contributed by atoms with Gasteiger partial charge in [0.05, 0.1) is 16.8 Å². The zero-order chi connectivity index (χ0) is 12.8. The van der Waals surface area contributed by atoms with Gasteiger partial charge in [-0.25, -0.2) is 0 Å². The molecule has 2 N–H and O–H groups in total. The minimum Gasteiger partial charge on any atom is -0.472 e. The van der Waals surface area contributed by atoms with Crippen LogP contribution >= 0.6 is 12.2 Å². The van der Waals surface area contributed by atoms with E-state index in [-0.39, 0.29) is 5.91 Å². The van der Waals surface area contributed by atoms with Crippen molar-refractivity contribution < 1.29 is 9.21 Å². The molecular formula is C12H18N2O2S. The summed E-state index contributed by atoms with van der Waals surface area (Å²) in [5.74, 6) is 0.362. The van der Waals surface area contributed by atoms with Crippen molar-refractivity contribution >= 4 is 23.1 Å². The van der Waals surface area contributed by atoms with Gasteiger partial charge < -0.3 is 15.1 Å².